The van der Waals surface area contributed by atoms with Crippen LogP contribution >= 0.6 is 0 Å². The minimum atomic E-state index is -0.609. The molecule has 3 amide bonds. The van der Waals surface area contributed by atoms with Gasteiger partial charge in [0.2, 0.25) is 11.8 Å². The third-order valence-electron chi connectivity index (χ3n) is 3.32. The number of carbonyl (C=O) groups excluding carboxylic acids is 3. The van der Waals surface area contributed by atoms with E-state index in [0.29, 0.717) is 11.3 Å². The molecule has 0 saturated carbocycles. The number of hydrogen-bond donors (Lipinski definition) is 1. The van der Waals surface area contributed by atoms with Gasteiger partial charge in [-0.1, -0.05) is 0 Å². The Kier molecular flexibility index (Phi) is 6.75. The summed E-state index contributed by atoms with van der Waals surface area (Å²) in [7, 11) is 1.53. The van der Waals surface area contributed by atoms with Gasteiger partial charge in [0.05, 0.1) is 7.11 Å². The average Bonchev–Trinajstić information content (AvgIpc) is 2.46. The van der Waals surface area contributed by atoms with Gasteiger partial charge in [-0.3, -0.25) is 19.7 Å². The van der Waals surface area contributed by atoms with E-state index in [9.17, 15) is 14.4 Å². The molecule has 126 valence electrons. The molecule has 1 rings (SSSR count). The normalized spacial score (nSPS) is 10.6. The highest BCUT2D eigenvalue weighted by atomic mass is 16.5. The van der Waals surface area contributed by atoms with Crippen LogP contribution in [0.5, 0.6) is 5.75 Å². The van der Waals surface area contributed by atoms with Crippen molar-refractivity contribution in [1.29, 1.82) is 0 Å². The van der Waals surface area contributed by atoms with Gasteiger partial charge in [-0.15, -0.1) is 0 Å². The van der Waals surface area contributed by atoms with Crippen LogP contribution in [-0.4, -0.2) is 41.8 Å². The van der Waals surface area contributed by atoms with Crippen LogP contribution in [0.2, 0.25) is 0 Å². The Morgan fingerprint density at radius 3 is 2.00 bits per heavy atom. The fourth-order valence-electron chi connectivity index (χ4n) is 2.39. The van der Waals surface area contributed by atoms with E-state index in [4.69, 9.17) is 4.74 Å². The first-order valence-electron chi connectivity index (χ1n) is 7.55. The first-order valence-corrected chi connectivity index (χ1v) is 7.55. The van der Waals surface area contributed by atoms with Gasteiger partial charge in [0, 0.05) is 17.6 Å². The largest absolute Gasteiger partial charge is 0.497 e. The molecular formula is C17H24N2O4. The van der Waals surface area contributed by atoms with E-state index < -0.39 is 11.8 Å². The van der Waals surface area contributed by atoms with Crippen molar-refractivity contribution < 1.29 is 19.1 Å². The Hall–Kier alpha value is -2.37. The summed E-state index contributed by atoms with van der Waals surface area (Å²) < 4.78 is 5.00. The lowest BCUT2D eigenvalue weighted by Gasteiger charge is -2.30. The van der Waals surface area contributed by atoms with E-state index in [2.05, 4.69) is 5.32 Å². The lowest BCUT2D eigenvalue weighted by Crippen LogP contribution is -2.44. The monoisotopic (exact) mass is 320 g/mol. The van der Waals surface area contributed by atoms with Crippen molar-refractivity contribution in [3.8, 4) is 5.75 Å². The van der Waals surface area contributed by atoms with Gasteiger partial charge in [-0.25, -0.2) is 0 Å². The number of ether oxygens (including phenoxy) is 1. The summed E-state index contributed by atoms with van der Waals surface area (Å²) in [6.45, 7) is 7.55. The van der Waals surface area contributed by atoms with Crippen LogP contribution in [0.4, 0.5) is 0 Å². The van der Waals surface area contributed by atoms with Crippen LogP contribution in [0, 0.1) is 0 Å². The Morgan fingerprint density at radius 1 is 1.04 bits per heavy atom. The Bertz CT molecular complexity index is 556. The highest BCUT2D eigenvalue weighted by Crippen LogP contribution is 2.11. The molecule has 0 radical (unpaired) electrons. The number of imide groups is 1. The van der Waals surface area contributed by atoms with Gasteiger partial charge in [0.25, 0.3) is 5.91 Å². The number of amides is 3. The summed E-state index contributed by atoms with van der Waals surface area (Å²) in [5.41, 5.74) is 0.330. The van der Waals surface area contributed by atoms with Crippen molar-refractivity contribution in [2.45, 2.75) is 46.2 Å². The fraction of sp³-hybridized carbons (Fsp3) is 0.471. The molecule has 1 aromatic carbocycles. The molecule has 6 heteroatoms. The number of rotatable bonds is 6. The highest BCUT2D eigenvalue weighted by Gasteiger charge is 2.23. The van der Waals surface area contributed by atoms with E-state index >= 15 is 0 Å². The molecule has 0 heterocycles. The van der Waals surface area contributed by atoms with Gasteiger partial charge in [-0.2, -0.15) is 0 Å². The molecule has 6 nitrogen and oxygen atoms in total. The van der Waals surface area contributed by atoms with Crippen LogP contribution in [-0.2, 0) is 9.59 Å². The van der Waals surface area contributed by atoms with Crippen LogP contribution in [0.1, 0.15) is 44.5 Å². The molecule has 0 spiro atoms. The Morgan fingerprint density at radius 2 is 1.57 bits per heavy atom. The van der Waals surface area contributed by atoms with E-state index in [0.717, 1.165) is 0 Å². The fourth-order valence-corrected chi connectivity index (χ4v) is 2.39. The van der Waals surface area contributed by atoms with Crippen molar-refractivity contribution in [2.75, 3.05) is 7.11 Å². The van der Waals surface area contributed by atoms with E-state index in [1.165, 1.54) is 7.11 Å². The molecule has 0 fully saturated rings. The number of nitrogens with zero attached hydrogens (tertiary/aromatic N) is 1. The molecule has 23 heavy (non-hydrogen) atoms. The van der Waals surface area contributed by atoms with E-state index in [-0.39, 0.29) is 24.4 Å². The SMILES string of the molecule is COc1ccc(C(=O)NC(=O)CC(=O)N(C(C)C)C(C)C)cc1. The molecule has 0 unspecified atom stereocenters. The maximum Gasteiger partial charge on any atom is 0.257 e. The Labute approximate surface area is 136 Å². The van der Waals surface area contributed by atoms with Gasteiger partial charge in [-0.05, 0) is 52.0 Å². The molecule has 0 aliphatic heterocycles. The summed E-state index contributed by atoms with van der Waals surface area (Å²) in [4.78, 5) is 37.7. The summed E-state index contributed by atoms with van der Waals surface area (Å²) >= 11 is 0. The second-order valence-corrected chi connectivity index (χ2v) is 5.77. The second-order valence-electron chi connectivity index (χ2n) is 5.77. The molecule has 0 aromatic heterocycles. The lowest BCUT2D eigenvalue weighted by atomic mass is 10.2. The maximum absolute atomic E-state index is 12.2. The summed E-state index contributed by atoms with van der Waals surface area (Å²) in [6, 6.07) is 6.35. The van der Waals surface area contributed by atoms with Crippen molar-refractivity contribution in [3.05, 3.63) is 29.8 Å². The molecule has 1 aromatic rings. The summed E-state index contributed by atoms with van der Waals surface area (Å²) in [5.74, 6) is -0.823. The predicted octanol–water partition coefficient (Wildman–Crippen LogP) is 1.99. The third-order valence-corrected chi connectivity index (χ3v) is 3.32. The minimum absolute atomic E-state index is 0.00686. The molecule has 0 aliphatic carbocycles. The van der Waals surface area contributed by atoms with Gasteiger partial charge < -0.3 is 9.64 Å². The number of nitrogens with one attached hydrogen (secondary N) is 1. The summed E-state index contributed by atoms with van der Waals surface area (Å²) in [6.07, 6.45) is -0.349. The first-order chi connectivity index (χ1) is 10.8. The molecular weight excluding hydrogens is 296 g/mol. The molecule has 0 saturated heterocycles. The van der Waals surface area contributed by atoms with Gasteiger partial charge >= 0.3 is 0 Å². The van der Waals surface area contributed by atoms with Crippen molar-refractivity contribution in [3.63, 3.8) is 0 Å². The average molecular weight is 320 g/mol. The van der Waals surface area contributed by atoms with Crippen molar-refractivity contribution in [1.82, 2.24) is 10.2 Å². The predicted molar refractivity (Wildman–Crippen MR) is 87.2 cm³/mol. The van der Waals surface area contributed by atoms with Crippen LogP contribution in [0.25, 0.3) is 0 Å². The zero-order valence-electron chi connectivity index (χ0n) is 14.3. The van der Waals surface area contributed by atoms with Crippen molar-refractivity contribution in [2.24, 2.45) is 0 Å². The van der Waals surface area contributed by atoms with Gasteiger partial charge in [0.15, 0.2) is 0 Å². The number of benzene rings is 1. The maximum atomic E-state index is 12.2. The zero-order valence-corrected chi connectivity index (χ0v) is 14.3. The van der Waals surface area contributed by atoms with Gasteiger partial charge in [0.1, 0.15) is 12.2 Å². The Balaban J connectivity index is 2.64. The number of carbonyl (C=O) groups is 3. The second kappa shape index (κ2) is 8.31. The molecule has 0 aliphatic rings. The molecule has 0 atom stereocenters. The lowest BCUT2D eigenvalue weighted by molar-refractivity contribution is -0.138. The molecule has 0 bridgehead atoms. The topological polar surface area (TPSA) is 75.7 Å². The van der Waals surface area contributed by atoms with E-state index in [1.54, 1.807) is 29.2 Å². The van der Waals surface area contributed by atoms with E-state index in [1.807, 2.05) is 27.7 Å². The smallest absolute Gasteiger partial charge is 0.257 e. The quantitative estimate of drug-likeness (QED) is 0.813. The number of hydrogen-bond acceptors (Lipinski definition) is 4. The highest BCUT2D eigenvalue weighted by molar-refractivity contribution is 6.09. The van der Waals surface area contributed by atoms with Crippen LogP contribution < -0.4 is 10.1 Å². The van der Waals surface area contributed by atoms with Crippen LogP contribution in [0.3, 0.4) is 0 Å². The minimum Gasteiger partial charge on any atom is -0.497 e. The third kappa shape index (κ3) is 5.39. The number of methoxy groups -OCH3 is 1. The molecule has 1 N–H and O–H groups in total. The van der Waals surface area contributed by atoms with Crippen LogP contribution in [0.15, 0.2) is 24.3 Å². The summed E-state index contributed by atoms with van der Waals surface area (Å²) in [5, 5.41) is 2.23. The standard InChI is InChI=1S/C17H24N2O4/c1-11(2)19(12(3)4)16(21)10-15(20)18-17(22)13-6-8-14(23-5)9-7-13/h6-9,11-12H,10H2,1-5H3,(H,18,20,22). The zero-order chi connectivity index (χ0) is 17.6. The van der Waals surface area contributed by atoms with Crippen molar-refractivity contribution >= 4 is 17.7 Å². The first kappa shape index (κ1) is 18.7.